The van der Waals surface area contributed by atoms with Crippen molar-refractivity contribution in [2.75, 3.05) is 13.1 Å². The number of piperidine rings is 1. The van der Waals surface area contributed by atoms with E-state index < -0.39 is 0 Å². The predicted molar refractivity (Wildman–Crippen MR) is 135 cm³/mol. The molecule has 3 N–H and O–H groups in total. The van der Waals surface area contributed by atoms with Gasteiger partial charge >= 0.3 is 0 Å². The summed E-state index contributed by atoms with van der Waals surface area (Å²) in [5.74, 6) is -0.0802. The van der Waals surface area contributed by atoms with E-state index >= 15 is 0 Å². The Morgan fingerprint density at radius 3 is 2.94 bits per heavy atom. The topological polar surface area (TPSA) is 101 Å². The summed E-state index contributed by atoms with van der Waals surface area (Å²) in [5, 5.41) is 16.0. The predicted octanol–water partition coefficient (Wildman–Crippen LogP) is 3.20. The smallest absolute Gasteiger partial charge is 0.263 e. The van der Waals surface area contributed by atoms with Gasteiger partial charge in [0.1, 0.15) is 15.2 Å². The molecule has 1 fully saturated rings. The lowest BCUT2D eigenvalue weighted by molar-refractivity contribution is 0.0936. The zero-order valence-electron chi connectivity index (χ0n) is 18.4. The number of benzene rings is 1. The first-order valence-electron chi connectivity index (χ1n) is 11.3. The number of carbonyl (C=O) groups is 1. The molecule has 5 heterocycles. The van der Waals surface area contributed by atoms with Crippen LogP contribution in [0, 0.1) is 0 Å². The van der Waals surface area contributed by atoms with Crippen LogP contribution in [-0.2, 0) is 0 Å². The van der Waals surface area contributed by atoms with Crippen LogP contribution in [0.3, 0.4) is 0 Å². The molecule has 0 spiro atoms. The number of amides is 1. The number of carbonyl (C=O) groups excluding carboxylic acids is 1. The molecule has 0 unspecified atom stereocenters. The highest BCUT2D eigenvalue weighted by atomic mass is 32.1. The van der Waals surface area contributed by atoms with E-state index in [2.05, 4.69) is 37.4 Å². The minimum Gasteiger partial charge on any atom is -0.347 e. The second-order valence-electron chi connectivity index (χ2n) is 8.41. The number of hydrogen-bond donors (Lipinski definition) is 3. The molecule has 170 valence electrons. The van der Waals surface area contributed by atoms with E-state index in [9.17, 15) is 4.79 Å². The molecule has 6 rings (SSSR count). The summed E-state index contributed by atoms with van der Waals surface area (Å²) >= 11 is 1.40. The van der Waals surface area contributed by atoms with Crippen molar-refractivity contribution in [1.82, 2.24) is 35.4 Å². The molecule has 1 atom stereocenters. The second-order valence-corrected chi connectivity index (χ2v) is 9.40. The normalized spacial score (nSPS) is 16.2. The highest BCUT2D eigenvalue weighted by Crippen LogP contribution is 2.33. The number of hydrogen-bond acceptors (Lipinski definition) is 6. The van der Waals surface area contributed by atoms with Gasteiger partial charge in [-0.15, -0.1) is 11.3 Å². The van der Waals surface area contributed by atoms with Crippen molar-refractivity contribution in [3.63, 3.8) is 0 Å². The third-order valence-electron chi connectivity index (χ3n) is 6.16. The molecule has 1 aromatic carbocycles. The van der Waals surface area contributed by atoms with Crippen LogP contribution >= 0.6 is 11.3 Å². The van der Waals surface area contributed by atoms with Crippen LogP contribution in [0.25, 0.3) is 44.8 Å². The van der Waals surface area contributed by atoms with E-state index in [4.69, 9.17) is 0 Å². The fraction of sp³-hybridized carbons (Fsp3) is 0.200. The monoisotopic (exact) mass is 469 g/mol. The first-order chi connectivity index (χ1) is 16.7. The van der Waals surface area contributed by atoms with Crippen LogP contribution in [0.1, 0.15) is 22.5 Å². The summed E-state index contributed by atoms with van der Waals surface area (Å²) in [6.07, 6.45) is 5.52. The van der Waals surface area contributed by atoms with Gasteiger partial charge in [-0.1, -0.05) is 36.9 Å². The summed E-state index contributed by atoms with van der Waals surface area (Å²) in [5.41, 5.74) is 4.89. The standard InChI is InChI=1S/C25H23N7OS/c1-15-29-22-21-20(32(15)18-12-19(31-28-14-18)16-6-3-2-4-7-16)9-11-27-25(21)34-23(22)24(33)30-17-8-5-10-26-13-17/h2-4,6-7,9,11-12,14,17,26,29H,1,5,8,10,13H2,(H,30,33)/t17-/m1/s1. The van der Waals surface area contributed by atoms with Crippen molar-refractivity contribution in [3.05, 3.63) is 65.2 Å². The number of thiophene rings is 1. The van der Waals surface area contributed by atoms with E-state index in [-0.39, 0.29) is 11.9 Å². The Morgan fingerprint density at radius 1 is 1.24 bits per heavy atom. The van der Waals surface area contributed by atoms with Crippen LogP contribution in [0.5, 0.6) is 0 Å². The van der Waals surface area contributed by atoms with Crippen LogP contribution < -0.4 is 16.1 Å². The number of H-pyrrole nitrogens is 1. The molecule has 1 aliphatic rings. The SMILES string of the molecule is C=c1[nH]c2c(C(=O)N[C@@H]3CCCNC3)sc3nccc(c32)n1-c1cnnc(-c2ccccc2)c1. The number of pyridine rings is 1. The Balaban J connectivity index is 1.47. The molecule has 1 saturated heterocycles. The van der Waals surface area contributed by atoms with E-state index in [0.717, 1.165) is 64.1 Å². The van der Waals surface area contributed by atoms with Crippen molar-refractivity contribution in [3.8, 4) is 16.9 Å². The van der Waals surface area contributed by atoms with Crippen molar-refractivity contribution < 1.29 is 4.79 Å². The Kier molecular flexibility index (Phi) is 5.20. The molecule has 1 aliphatic heterocycles. The number of rotatable bonds is 4. The van der Waals surface area contributed by atoms with Gasteiger partial charge in [-0.2, -0.15) is 10.2 Å². The van der Waals surface area contributed by atoms with Gasteiger partial charge in [0, 0.05) is 24.3 Å². The molecule has 4 aromatic heterocycles. The van der Waals surface area contributed by atoms with Crippen LogP contribution in [0.15, 0.2) is 54.9 Å². The van der Waals surface area contributed by atoms with Crippen molar-refractivity contribution in [1.29, 1.82) is 0 Å². The zero-order chi connectivity index (χ0) is 23.1. The lowest BCUT2D eigenvalue weighted by atomic mass is 10.1. The average molecular weight is 470 g/mol. The second kappa shape index (κ2) is 8.51. The number of aromatic amines is 1. The summed E-state index contributed by atoms with van der Waals surface area (Å²) in [4.78, 5) is 22.6. The lowest BCUT2D eigenvalue weighted by Crippen LogP contribution is -2.45. The maximum Gasteiger partial charge on any atom is 0.263 e. The highest BCUT2D eigenvalue weighted by molar-refractivity contribution is 7.21. The van der Waals surface area contributed by atoms with E-state index in [1.807, 2.05) is 47.0 Å². The van der Waals surface area contributed by atoms with E-state index in [0.29, 0.717) is 10.4 Å². The van der Waals surface area contributed by atoms with Gasteiger partial charge in [-0.25, -0.2) is 4.98 Å². The third kappa shape index (κ3) is 3.59. The summed E-state index contributed by atoms with van der Waals surface area (Å²) < 4.78 is 2.00. The summed E-state index contributed by atoms with van der Waals surface area (Å²) in [6, 6.07) is 14.0. The first-order valence-corrected chi connectivity index (χ1v) is 12.1. The van der Waals surface area contributed by atoms with E-state index in [1.165, 1.54) is 11.3 Å². The molecule has 8 nitrogen and oxygen atoms in total. The molecular weight excluding hydrogens is 446 g/mol. The van der Waals surface area contributed by atoms with Crippen molar-refractivity contribution in [2.24, 2.45) is 0 Å². The van der Waals surface area contributed by atoms with Gasteiger partial charge in [-0.3, -0.25) is 9.36 Å². The largest absolute Gasteiger partial charge is 0.347 e. The molecule has 0 saturated carbocycles. The molecule has 1 amide bonds. The quantitative estimate of drug-likeness (QED) is 0.375. The minimum atomic E-state index is -0.0802. The summed E-state index contributed by atoms with van der Waals surface area (Å²) in [7, 11) is 0. The van der Waals surface area contributed by atoms with Gasteiger partial charge in [0.2, 0.25) is 0 Å². The molecule has 34 heavy (non-hydrogen) atoms. The number of nitrogens with one attached hydrogen (secondary N) is 3. The maximum atomic E-state index is 13.2. The Labute approximate surface area is 199 Å². The average Bonchev–Trinajstić information content (AvgIpc) is 3.25. The lowest BCUT2D eigenvalue weighted by Gasteiger charge is -2.23. The molecule has 0 aliphatic carbocycles. The van der Waals surface area contributed by atoms with Crippen LogP contribution in [0.4, 0.5) is 0 Å². The van der Waals surface area contributed by atoms with Crippen LogP contribution in [0.2, 0.25) is 0 Å². The zero-order valence-corrected chi connectivity index (χ0v) is 19.2. The Morgan fingerprint density at radius 2 is 2.12 bits per heavy atom. The molecule has 5 aromatic rings. The van der Waals surface area contributed by atoms with Crippen molar-refractivity contribution >= 4 is 45.1 Å². The molecule has 0 radical (unpaired) electrons. The van der Waals surface area contributed by atoms with Gasteiger partial charge in [-0.05, 0) is 31.5 Å². The van der Waals surface area contributed by atoms with Crippen molar-refractivity contribution in [2.45, 2.75) is 18.9 Å². The Hall–Kier alpha value is -3.82. The minimum absolute atomic E-state index is 0.0802. The van der Waals surface area contributed by atoms with Gasteiger partial charge < -0.3 is 15.6 Å². The molecular formula is C25H23N7OS. The maximum absolute atomic E-state index is 13.2. The number of aromatic nitrogens is 5. The fourth-order valence-electron chi connectivity index (χ4n) is 4.57. The summed E-state index contributed by atoms with van der Waals surface area (Å²) in [6.45, 7) is 6.06. The Bertz CT molecular complexity index is 1560. The highest BCUT2D eigenvalue weighted by Gasteiger charge is 2.23. The van der Waals surface area contributed by atoms with Crippen LogP contribution in [-0.4, -0.2) is 49.8 Å². The number of nitrogens with zero attached hydrogens (tertiary/aromatic N) is 4. The van der Waals surface area contributed by atoms with Gasteiger partial charge in [0.05, 0.1) is 34.0 Å². The molecule has 0 bridgehead atoms. The fourth-order valence-corrected chi connectivity index (χ4v) is 5.59. The molecule has 9 heteroatoms. The third-order valence-corrected chi connectivity index (χ3v) is 7.25. The first kappa shape index (κ1) is 20.8. The van der Waals surface area contributed by atoms with Gasteiger partial charge in [0.15, 0.2) is 0 Å². The van der Waals surface area contributed by atoms with Gasteiger partial charge in [0.25, 0.3) is 5.91 Å². The van der Waals surface area contributed by atoms with E-state index in [1.54, 1.807) is 12.4 Å².